The van der Waals surface area contributed by atoms with Crippen LogP contribution in [0.25, 0.3) is 0 Å². The maximum absolute atomic E-state index is 5.70. The smallest absolute Gasteiger partial charge is 0.0628 e. The first kappa shape index (κ1) is 16.5. The molecule has 21 heavy (non-hydrogen) atoms. The predicted molar refractivity (Wildman–Crippen MR) is 86.7 cm³/mol. The van der Waals surface area contributed by atoms with Gasteiger partial charge in [-0.3, -0.25) is 4.68 Å². The minimum Gasteiger partial charge on any atom is -0.378 e. The van der Waals surface area contributed by atoms with Gasteiger partial charge in [0.2, 0.25) is 0 Å². The van der Waals surface area contributed by atoms with Crippen LogP contribution in [-0.2, 0) is 17.7 Å². The molecule has 0 bridgehead atoms. The van der Waals surface area contributed by atoms with Crippen molar-refractivity contribution in [3.8, 4) is 0 Å². The minimum atomic E-state index is 0.449. The monoisotopic (exact) mass is 293 g/mol. The molecule has 1 saturated heterocycles. The number of rotatable bonds is 8. The van der Waals surface area contributed by atoms with Crippen LogP contribution >= 0.6 is 0 Å². The first-order valence-electron chi connectivity index (χ1n) is 8.43. The zero-order chi connectivity index (χ0) is 15.2. The fraction of sp³-hybridized carbons (Fsp3) is 0.824. The molecule has 0 spiro atoms. The number of ether oxygens (including phenoxy) is 1. The number of nitrogens with zero attached hydrogens (tertiary/aromatic N) is 2. The molecular formula is C17H31N3O. The SMILES string of the molecule is Cc1nn(CCC2CCCO2)c(C)c1CCNCC(C)C. The van der Waals surface area contributed by atoms with E-state index in [4.69, 9.17) is 9.84 Å². The van der Waals surface area contributed by atoms with Crippen molar-refractivity contribution in [2.75, 3.05) is 19.7 Å². The lowest BCUT2D eigenvalue weighted by atomic mass is 10.1. The highest BCUT2D eigenvalue weighted by Crippen LogP contribution is 2.18. The Morgan fingerprint density at radius 1 is 1.38 bits per heavy atom. The molecule has 0 radical (unpaired) electrons. The van der Waals surface area contributed by atoms with Gasteiger partial charge in [0.25, 0.3) is 0 Å². The van der Waals surface area contributed by atoms with Crippen molar-refractivity contribution >= 4 is 0 Å². The summed E-state index contributed by atoms with van der Waals surface area (Å²) in [5, 5.41) is 8.24. The molecule has 1 aromatic heterocycles. The van der Waals surface area contributed by atoms with Gasteiger partial charge in [-0.25, -0.2) is 0 Å². The summed E-state index contributed by atoms with van der Waals surface area (Å²) in [5.74, 6) is 0.710. The molecular weight excluding hydrogens is 262 g/mol. The second kappa shape index (κ2) is 7.95. The van der Waals surface area contributed by atoms with E-state index in [0.29, 0.717) is 12.0 Å². The summed E-state index contributed by atoms with van der Waals surface area (Å²) in [6.07, 6.45) is 5.04. The maximum Gasteiger partial charge on any atom is 0.0628 e. The Labute approximate surface area is 129 Å². The fourth-order valence-electron chi connectivity index (χ4n) is 3.06. The van der Waals surface area contributed by atoms with Gasteiger partial charge in [-0.1, -0.05) is 13.8 Å². The molecule has 1 fully saturated rings. The van der Waals surface area contributed by atoms with Crippen LogP contribution in [0.15, 0.2) is 0 Å². The van der Waals surface area contributed by atoms with E-state index in [1.165, 1.54) is 29.8 Å². The molecule has 120 valence electrons. The summed E-state index contributed by atoms with van der Waals surface area (Å²) in [5.41, 5.74) is 3.93. The van der Waals surface area contributed by atoms with Crippen LogP contribution in [0, 0.1) is 19.8 Å². The van der Waals surface area contributed by atoms with Crippen LogP contribution in [-0.4, -0.2) is 35.6 Å². The molecule has 1 aliphatic rings. The second-order valence-electron chi connectivity index (χ2n) is 6.64. The molecule has 1 N–H and O–H groups in total. The highest BCUT2D eigenvalue weighted by molar-refractivity contribution is 5.24. The van der Waals surface area contributed by atoms with Crippen molar-refractivity contribution in [2.24, 2.45) is 5.92 Å². The van der Waals surface area contributed by atoms with Gasteiger partial charge in [0.15, 0.2) is 0 Å². The Bertz CT molecular complexity index is 433. The number of nitrogens with one attached hydrogen (secondary N) is 1. The third-order valence-corrected chi connectivity index (χ3v) is 4.32. The van der Waals surface area contributed by atoms with Gasteiger partial charge >= 0.3 is 0 Å². The fourth-order valence-corrected chi connectivity index (χ4v) is 3.06. The van der Waals surface area contributed by atoms with Crippen molar-refractivity contribution in [3.63, 3.8) is 0 Å². The van der Waals surface area contributed by atoms with Gasteiger partial charge in [-0.05, 0) is 64.1 Å². The average molecular weight is 293 g/mol. The van der Waals surface area contributed by atoms with E-state index in [1.54, 1.807) is 0 Å². The van der Waals surface area contributed by atoms with E-state index in [0.717, 1.165) is 39.1 Å². The largest absolute Gasteiger partial charge is 0.378 e. The first-order chi connectivity index (χ1) is 10.1. The summed E-state index contributed by atoms with van der Waals surface area (Å²) >= 11 is 0. The normalized spacial score (nSPS) is 18.8. The Morgan fingerprint density at radius 2 is 2.19 bits per heavy atom. The maximum atomic E-state index is 5.70. The molecule has 0 aromatic carbocycles. The van der Waals surface area contributed by atoms with Gasteiger partial charge in [-0.2, -0.15) is 5.10 Å². The highest BCUT2D eigenvalue weighted by atomic mass is 16.5. The van der Waals surface area contributed by atoms with E-state index in [-0.39, 0.29) is 0 Å². The van der Waals surface area contributed by atoms with E-state index in [9.17, 15) is 0 Å². The Morgan fingerprint density at radius 3 is 2.86 bits per heavy atom. The zero-order valence-corrected chi connectivity index (χ0v) is 14.1. The predicted octanol–water partition coefficient (Wildman–Crippen LogP) is 2.86. The molecule has 1 atom stereocenters. The standard InChI is InChI=1S/C17H31N3O/c1-13(2)12-18-9-7-17-14(3)19-20(15(17)4)10-8-16-6-5-11-21-16/h13,16,18H,5-12H2,1-4H3. The van der Waals surface area contributed by atoms with Crippen LogP contribution in [0.1, 0.15) is 50.1 Å². The quantitative estimate of drug-likeness (QED) is 0.749. The molecule has 2 heterocycles. The lowest BCUT2D eigenvalue weighted by molar-refractivity contribution is 0.0992. The third-order valence-electron chi connectivity index (χ3n) is 4.32. The van der Waals surface area contributed by atoms with Gasteiger partial charge in [0.05, 0.1) is 11.8 Å². The van der Waals surface area contributed by atoms with Crippen molar-refractivity contribution < 1.29 is 4.74 Å². The van der Waals surface area contributed by atoms with E-state index in [2.05, 4.69) is 37.7 Å². The molecule has 1 aromatic rings. The van der Waals surface area contributed by atoms with Crippen LogP contribution in [0.2, 0.25) is 0 Å². The summed E-state index contributed by atoms with van der Waals surface area (Å²) in [4.78, 5) is 0. The molecule has 0 saturated carbocycles. The lowest BCUT2D eigenvalue weighted by Gasteiger charge is -2.11. The number of hydrogen-bond donors (Lipinski definition) is 1. The Kier molecular flexibility index (Phi) is 6.24. The minimum absolute atomic E-state index is 0.449. The third kappa shape index (κ3) is 4.82. The van der Waals surface area contributed by atoms with Crippen LogP contribution in [0.4, 0.5) is 0 Å². The summed E-state index contributed by atoms with van der Waals surface area (Å²) < 4.78 is 7.88. The van der Waals surface area contributed by atoms with Crippen LogP contribution in [0.3, 0.4) is 0 Å². The molecule has 0 amide bonds. The molecule has 1 aliphatic heterocycles. The van der Waals surface area contributed by atoms with Gasteiger partial charge in [-0.15, -0.1) is 0 Å². The number of aryl methyl sites for hydroxylation is 2. The van der Waals surface area contributed by atoms with Crippen molar-refractivity contribution in [2.45, 2.75) is 66.0 Å². The van der Waals surface area contributed by atoms with Gasteiger partial charge < -0.3 is 10.1 Å². The molecule has 4 heteroatoms. The number of aromatic nitrogens is 2. The van der Waals surface area contributed by atoms with Crippen LogP contribution < -0.4 is 5.32 Å². The summed E-state index contributed by atoms with van der Waals surface area (Å²) in [6.45, 7) is 12.9. The van der Waals surface area contributed by atoms with E-state index in [1.807, 2.05) is 0 Å². The second-order valence-corrected chi connectivity index (χ2v) is 6.64. The molecule has 4 nitrogen and oxygen atoms in total. The average Bonchev–Trinajstić information content (AvgIpc) is 3.03. The topological polar surface area (TPSA) is 39.1 Å². The summed E-state index contributed by atoms with van der Waals surface area (Å²) in [6, 6.07) is 0. The van der Waals surface area contributed by atoms with Crippen molar-refractivity contribution in [1.82, 2.24) is 15.1 Å². The zero-order valence-electron chi connectivity index (χ0n) is 14.1. The summed E-state index contributed by atoms with van der Waals surface area (Å²) in [7, 11) is 0. The van der Waals surface area contributed by atoms with E-state index >= 15 is 0 Å². The van der Waals surface area contributed by atoms with Crippen LogP contribution in [0.5, 0.6) is 0 Å². The number of hydrogen-bond acceptors (Lipinski definition) is 3. The van der Waals surface area contributed by atoms with Crippen molar-refractivity contribution in [3.05, 3.63) is 17.0 Å². The first-order valence-corrected chi connectivity index (χ1v) is 8.43. The molecule has 0 aliphatic carbocycles. The molecule has 1 unspecified atom stereocenters. The van der Waals surface area contributed by atoms with Crippen molar-refractivity contribution in [1.29, 1.82) is 0 Å². The van der Waals surface area contributed by atoms with Gasteiger partial charge in [0, 0.05) is 18.8 Å². The Hall–Kier alpha value is -0.870. The molecule has 2 rings (SSSR count). The van der Waals surface area contributed by atoms with Gasteiger partial charge in [0.1, 0.15) is 0 Å². The highest BCUT2D eigenvalue weighted by Gasteiger charge is 2.17. The lowest BCUT2D eigenvalue weighted by Crippen LogP contribution is -2.22. The Balaban J connectivity index is 1.84. The van der Waals surface area contributed by atoms with E-state index < -0.39 is 0 Å².